The number of benzene rings is 3. The third kappa shape index (κ3) is 3.61. The third-order valence-electron chi connectivity index (χ3n) is 4.93. The number of halogens is 1. The molecular formula is C22H19FN2O4S. The number of carbonyl (C=O) groups is 1. The molecule has 0 spiro atoms. The first-order valence-corrected chi connectivity index (χ1v) is 10.7. The van der Waals surface area contributed by atoms with Crippen LogP contribution in [0.3, 0.4) is 0 Å². The van der Waals surface area contributed by atoms with E-state index in [1.165, 1.54) is 53.9 Å². The van der Waals surface area contributed by atoms with Crippen LogP contribution in [0.25, 0.3) is 0 Å². The Morgan fingerprint density at radius 1 is 1.07 bits per heavy atom. The lowest BCUT2D eigenvalue weighted by Crippen LogP contribution is -2.29. The van der Waals surface area contributed by atoms with Crippen molar-refractivity contribution in [2.75, 3.05) is 23.3 Å². The zero-order valence-electron chi connectivity index (χ0n) is 16.1. The molecule has 1 aliphatic rings. The summed E-state index contributed by atoms with van der Waals surface area (Å²) in [6.45, 7) is 0.332. The lowest BCUT2D eigenvalue weighted by Gasteiger charge is -2.20. The second-order valence-corrected chi connectivity index (χ2v) is 8.64. The molecule has 3 aromatic carbocycles. The first-order chi connectivity index (χ1) is 14.4. The Balaban J connectivity index is 1.70. The molecule has 4 rings (SSSR count). The van der Waals surface area contributed by atoms with Crippen LogP contribution in [0.1, 0.15) is 15.9 Å². The molecule has 1 aliphatic heterocycles. The molecule has 0 unspecified atom stereocenters. The SMILES string of the molecule is COc1ccc(S(=O)(=O)N2CCc3ccccc32)cc1C(=O)Nc1cccc(F)c1. The molecule has 0 saturated carbocycles. The highest BCUT2D eigenvalue weighted by molar-refractivity contribution is 7.92. The average Bonchev–Trinajstić information content (AvgIpc) is 3.18. The molecule has 0 atom stereocenters. The van der Waals surface area contributed by atoms with E-state index < -0.39 is 21.7 Å². The summed E-state index contributed by atoms with van der Waals surface area (Å²) in [5.41, 5.74) is 1.89. The van der Waals surface area contributed by atoms with E-state index in [0.717, 1.165) is 5.56 Å². The van der Waals surface area contributed by atoms with E-state index in [1.807, 2.05) is 12.1 Å². The van der Waals surface area contributed by atoms with Crippen LogP contribution in [0.15, 0.2) is 71.6 Å². The van der Waals surface area contributed by atoms with Gasteiger partial charge in [-0.1, -0.05) is 24.3 Å². The zero-order valence-corrected chi connectivity index (χ0v) is 16.9. The van der Waals surface area contributed by atoms with Crippen LogP contribution in [0, 0.1) is 5.82 Å². The summed E-state index contributed by atoms with van der Waals surface area (Å²) in [7, 11) is -2.49. The molecule has 30 heavy (non-hydrogen) atoms. The van der Waals surface area contributed by atoms with Crippen LogP contribution in [-0.2, 0) is 16.4 Å². The van der Waals surface area contributed by atoms with Gasteiger partial charge in [-0.05, 0) is 54.4 Å². The van der Waals surface area contributed by atoms with E-state index in [0.29, 0.717) is 18.7 Å². The van der Waals surface area contributed by atoms with Crippen LogP contribution < -0.4 is 14.4 Å². The molecule has 0 bridgehead atoms. The first-order valence-electron chi connectivity index (χ1n) is 9.26. The fourth-order valence-corrected chi connectivity index (χ4v) is 5.00. The Hall–Kier alpha value is -3.39. The number of rotatable bonds is 5. The van der Waals surface area contributed by atoms with Crippen molar-refractivity contribution >= 4 is 27.3 Å². The number of sulfonamides is 1. The number of carbonyl (C=O) groups excluding carboxylic acids is 1. The number of hydrogen-bond donors (Lipinski definition) is 1. The number of methoxy groups -OCH3 is 1. The van der Waals surface area contributed by atoms with Crippen LogP contribution in [0.2, 0.25) is 0 Å². The summed E-state index contributed by atoms with van der Waals surface area (Å²) in [6.07, 6.45) is 0.623. The van der Waals surface area contributed by atoms with Crippen LogP contribution >= 0.6 is 0 Å². The van der Waals surface area contributed by atoms with Gasteiger partial charge in [0.1, 0.15) is 11.6 Å². The lowest BCUT2D eigenvalue weighted by molar-refractivity contribution is 0.102. The first kappa shape index (κ1) is 19.9. The van der Waals surface area contributed by atoms with Gasteiger partial charge in [-0.2, -0.15) is 0 Å². The molecule has 3 aromatic rings. The lowest BCUT2D eigenvalue weighted by atomic mass is 10.2. The maximum absolute atomic E-state index is 13.4. The fourth-order valence-electron chi connectivity index (χ4n) is 3.47. The maximum Gasteiger partial charge on any atom is 0.264 e. The summed E-state index contributed by atoms with van der Waals surface area (Å²) >= 11 is 0. The van der Waals surface area contributed by atoms with Gasteiger partial charge in [0.25, 0.3) is 15.9 Å². The molecule has 0 fully saturated rings. The van der Waals surface area contributed by atoms with Crippen molar-refractivity contribution in [2.24, 2.45) is 0 Å². The monoisotopic (exact) mass is 426 g/mol. The minimum atomic E-state index is -3.87. The number of fused-ring (bicyclic) bond motifs is 1. The molecule has 1 N–H and O–H groups in total. The van der Waals surface area contributed by atoms with Gasteiger partial charge in [-0.3, -0.25) is 9.10 Å². The summed E-state index contributed by atoms with van der Waals surface area (Å²) in [5, 5.41) is 2.57. The second kappa shape index (κ2) is 7.79. The van der Waals surface area contributed by atoms with E-state index in [2.05, 4.69) is 5.32 Å². The highest BCUT2D eigenvalue weighted by atomic mass is 32.2. The minimum absolute atomic E-state index is 0.0237. The standard InChI is InChI=1S/C22H19FN2O4S/c1-29-21-10-9-18(14-19(21)22(26)24-17-7-4-6-16(23)13-17)30(27,28)25-12-11-15-5-2-3-8-20(15)25/h2-10,13-14H,11-12H2,1H3,(H,24,26). The van der Waals surface area contributed by atoms with Gasteiger partial charge in [0.05, 0.1) is 23.3 Å². The van der Waals surface area contributed by atoms with E-state index >= 15 is 0 Å². The van der Waals surface area contributed by atoms with Crippen molar-refractivity contribution in [1.82, 2.24) is 0 Å². The summed E-state index contributed by atoms with van der Waals surface area (Å²) in [6, 6.07) is 16.9. The highest BCUT2D eigenvalue weighted by Gasteiger charge is 2.31. The molecule has 0 saturated heterocycles. The Labute approximate surface area is 174 Å². The van der Waals surface area contributed by atoms with Crippen LogP contribution in [0.5, 0.6) is 5.75 Å². The molecule has 1 heterocycles. The molecule has 0 aromatic heterocycles. The molecule has 0 aliphatic carbocycles. The van der Waals surface area contributed by atoms with Gasteiger partial charge < -0.3 is 10.1 Å². The number of para-hydroxylation sites is 1. The number of ether oxygens (including phenoxy) is 1. The zero-order chi connectivity index (χ0) is 21.3. The topological polar surface area (TPSA) is 75.7 Å². The van der Waals surface area contributed by atoms with E-state index in [4.69, 9.17) is 4.74 Å². The van der Waals surface area contributed by atoms with Crippen molar-refractivity contribution < 1.29 is 22.3 Å². The van der Waals surface area contributed by atoms with E-state index in [-0.39, 0.29) is 21.9 Å². The van der Waals surface area contributed by atoms with Crippen molar-refractivity contribution in [2.45, 2.75) is 11.3 Å². The maximum atomic E-state index is 13.4. The highest BCUT2D eigenvalue weighted by Crippen LogP contribution is 2.34. The van der Waals surface area contributed by atoms with Gasteiger partial charge >= 0.3 is 0 Å². The number of nitrogens with one attached hydrogen (secondary N) is 1. The predicted octanol–water partition coefficient (Wildman–Crippen LogP) is 3.84. The van der Waals surface area contributed by atoms with Crippen molar-refractivity contribution in [3.8, 4) is 5.75 Å². The molecule has 154 valence electrons. The summed E-state index contributed by atoms with van der Waals surface area (Å²) in [5.74, 6) is -0.884. The Kier molecular flexibility index (Phi) is 5.17. The number of nitrogens with zero attached hydrogens (tertiary/aromatic N) is 1. The second-order valence-electron chi connectivity index (χ2n) is 6.78. The Bertz CT molecular complexity index is 1230. The summed E-state index contributed by atoms with van der Waals surface area (Å²) < 4.78 is 46.6. The molecule has 6 nitrogen and oxygen atoms in total. The van der Waals surface area contributed by atoms with Gasteiger partial charge in [0.2, 0.25) is 0 Å². The van der Waals surface area contributed by atoms with Gasteiger partial charge in [-0.25, -0.2) is 12.8 Å². The van der Waals surface area contributed by atoms with Gasteiger partial charge in [0, 0.05) is 12.2 Å². The molecular weight excluding hydrogens is 407 g/mol. The van der Waals surface area contributed by atoms with Crippen molar-refractivity contribution in [3.63, 3.8) is 0 Å². The van der Waals surface area contributed by atoms with Gasteiger partial charge in [0.15, 0.2) is 0 Å². The quantitative estimate of drug-likeness (QED) is 0.673. The van der Waals surface area contributed by atoms with E-state index in [9.17, 15) is 17.6 Å². The van der Waals surface area contributed by atoms with Crippen LogP contribution in [-0.4, -0.2) is 28.0 Å². The average molecular weight is 426 g/mol. The van der Waals surface area contributed by atoms with Crippen molar-refractivity contribution in [3.05, 3.63) is 83.7 Å². The molecule has 1 amide bonds. The van der Waals surface area contributed by atoms with Crippen molar-refractivity contribution in [1.29, 1.82) is 0 Å². The Morgan fingerprint density at radius 2 is 1.87 bits per heavy atom. The summed E-state index contributed by atoms with van der Waals surface area (Å²) in [4.78, 5) is 12.8. The van der Waals surface area contributed by atoms with Crippen LogP contribution in [0.4, 0.5) is 15.8 Å². The molecule has 0 radical (unpaired) electrons. The Morgan fingerprint density at radius 3 is 2.63 bits per heavy atom. The minimum Gasteiger partial charge on any atom is -0.496 e. The fraction of sp³-hybridized carbons (Fsp3) is 0.136. The van der Waals surface area contributed by atoms with Gasteiger partial charge in [-0.15, -0.1) is 0 Å². The number of amides is 1. The number of hydrogen-bond acceptors (Lipinski definition) is 4. The smallest absolute Gasteiger partial charge is 0.264 e. The predicted molar refractivity (Wildman–Crippen MR) is 112 cm³/mol. The van der Waals surface area contributed by atoms with E-state index in [1.54, 1.807) is 12.1 Å². The number of anilines is 2. The third-order valence-corrected chi connectivity index (χ3v) is 6.74. The normalized spacial score (nSPS) is 13.1. The molecule has 8 heteroatoms. The largest absolute Gasteiger partial charge is 0.496 e.